The fraction of sp³-hybridized carbons (Fsp3) is 0.500. The number of pyridine rings is 2. The Bertz CT molecular complexity index is 2710. The van der Waals surface area contributed by atoms with Crippen LogP contribution in [0.15, 0.2) is 60.7 Å². The quantitative estimate of drug-likeness (QED) is 0.0189. The van der Waals surface area contributed by atoms with Gasteiger partial charge in [-0.1, -0.05) is 71.8 Å². The van der Waals surface area contributed by atoms with Crippen LogP contribution in [-0.4, -0.2) is 156 Å². The monoisotopic (exact) mass is 1200 g/mol. The van der Waals surface area contributed by atoms with Gasteiger partial charge in [-0.15, -0.1) is 0 Å². The van der Waals surface area contributed by atoms with Crippen LogP contribution < -0.4 is 76.9 Å². The maximum Gasteiger partial charge on any atom is 0.253 e. The van der Waals surface area contributed by atoms with Crippen LogP contribution in [0, 0.1) is 0 Å². The maximum atomic E-state index is 14.5. The highest BCUT2D eigenvalue weighted by molar-refractivity contribution is 8.76. The first-order valence-electron chi connectivity index (χ1n) is 28.1. The molecule has 0 saturated carbocycles. The highest BCUT2D eigenvalue weighted by Gasteiger charge is 2.34. The van der Waals surface area contributed by atoms with Crippen LogP contribution in [0.4, 0.5) is 0 Å². The Balaban J connectivity index is 1.69. The number of hydrogen-bond acceptors (Lipinski definition) is 18. The minimum atomic E-state index is -1.62. The molecular formula is C56H82N16O10S2. The van der Waals surface area contributed by atoms with Crippen LogP contribution in [-0.2, 0) is 51.2 Å². The lowest BCUT2D eigenvalue weighted by Gasteiger charge is -2.26. The molecule has 0 spiro atoms. The van der Waals surface area contributed by atoms with Crippen molar-refractivity contribution in [2.45, 2.75) is 127 Å². The lowest BCUT2D eigenvalue weighted by molar-refractivity contribution is -0.132. The van der Waals surface area contributed by atoms with E-state index in [0.29, 0.717) is 97.6 Å². The number of para-hydroxylation sites is 2. The average molecular weight is 1200 g/mol. The molecule has 2 aromatic carbocycles. The number of hydrogen-bond donors (Lipinski definition) is 14. The zero-order chi connectivity index (χ0) is 61.6. The summed E-state index contributed by atoms with van der Waals surface area (Å²) in [4.78, 5) is 147. The molecule has 4 aromatic rings. The molecule has 0 radical (unpaired) electrons. The summed E-state index contributed by atoms with van der Waals surface area (Å²) in [5.74, 6) is -8.75. The molecule has 26 nitrogen and oxygen atoms in total. The van der Waals surface area contributed by atoms with E-state index < -0.39 is 108 Å². The van der Waals surface area contributed by atoms with Crippen LogP contribution in [0.2, 0.25) is 0 Å². The Hall–Kier alpha value is -7.50. The zero-order valence-electron chi connectivity index (χ0n) is 47.6. The highest BCUT2D eigenvalue weighted by Crippen LogP contribution is 2.25. The number of nitrogens with two attached hydrogens (primary N) is 6. The number of carbonyl (C=O) groups is 10. The van der Waals surface area contributed by atoms with E-state index in [1.54, 1.807) is 74.5 Å². The van der Waals surface area contributed by atoms with Crippen LogP contribution in [0.25, 0.3) is 21.8 Å². The van der Waals surface area contributed by atoms with Gasteiger partial charge in [0.2, 0.25) is 47.3 Å². The van der Waals surface area contributed by atoms with E-state index in [1.807, 2.05) is 0 Å². The van der Waals surface area contributed by atoms with Gasteiger partial charge in [-0.25, -0.2) is 0 Å². The van der Waals surface area contributed by atoms with Crippen molar-refractivity contribution in [1.29, 1.82) is 0 Å². The molecule has 2 aromatic heterocycles. The number of rotatable bonds is 39. The summed E-state index contributed by atoms with van der Waals surface area (Å²) in [6, 6.07) is 8.96. The summed E-state index contributed by atoms with van der Waals surface area (Å²) in [5, 5.41) is 22.6. The smallest absolute Gasteiger partial charge is 0.253 e. The van der Waals surface area contributed by atoms with Crippen molar-refractivity contribution < 1.29 is 47.9 Å². The van der Waals surface area contributed by atoms with Crippen LogP contribution >= 0.6 is 21.6 Å². The Morgan fingerprint density at radius 1 is 0.440 bits per heavy atom. The standard InChI is InChI=1S/C56H82N16O10S2/c1-3-37-35(27-33-15-5-7-17-39(33)65-37)49(75)69-43(29-47(61)73)53(79)71-45(55(81)67-41(19-9-11-21-57)51(77)63-25-13-23-59)31-83-84-32-46(56(82)68-42(20-10-12-22-58)52(78)64-26-14-24-60)72-54(80)44(30-48(62)74)70-50(76)36-28-34-16-6-8-18-40(34)66-38(36)4-2/h5-8,15-18,27-28,41-46H,3-4,9-14,19-26,29-32,57-60H2,1-2H3,(H2,61,73)(H2,62,74)(H,63,77)(H,64,78)(H,67,81)(H,68,82)(H,69,75)(H,70,76)(H,71,79)(H,72,80)/t41-,42-,43-,44-,45-,46-/m0/s1. The predicted molar refractivity (Wildman–Crippen MR) is 324 cm³/mol. The van der Waals surface area contributed by atoms with Gasteiger partial charge in [-0.05, 0) is 115 Å². The van der Waals surface area contributed by atoms with Gasteiger partial charge in [-0.2, -0.15) is 0 Å². The first-order valence-corrected chi connectivity index (χ1v) is 30.6. The maximum absolute atomic E-state index is 14.5. The van der Waals surface area contributed by atoms with Gasteiger partial charge >= 0.3 is 0 Å². The number of primary amides is 2. The number of carbonyl (C=O) groups excluding carboxylic acids is 10. The molecule has 0 saturated heterocycles. The number of fused-ring (bicyclic) bond motifs is 2. The second kappa shape index (κ2) is 36.9. The zero-order valence-corrected chi connectivity index (χ0v) is 49.3. The summed E-state index contributed by atoms with van der Waals surface area (Å²) >= 11 is 0. The summed E-state index contributed by atoms with van der Waals surface area (Å²) in [6.45, 7) is 5.20. The number of unbranched alkanes of at least 4 members (excludes halogenated alkanes) is 2. The van der Waals surface area contributed by atoms with Crippen molar-refractivity contribution in [3.05, 3.63) is 83.2 Å². The molecule has 4 rings (SSSR count). The molecule has 458 valence electrons. The second-order valence-corrected chi connectivity index (χ2v) is 22.3. The largest absolute Gasteiger partial charge is 0.370 e. The minimum Gasteiger partial charge on any atom is -0.370 e. The molecule has 0 aliphatic heterocycles. The van der Waals surface area contributed by atoms with Gasteiger partial charge in [0.05, 0.1) is 46.4 Å². The molecule has 10 amide bonds. The van der Waals surface area contributed by atoms with Gasteiger partial charge in [0.1, 0.15) is 36.3 Å². The molecule has 0 aliphatic rings. The Morgan fingerprint density at radius 3 is 1.13 bits per heavy atom. The summed E-state index contributed by atoms with van der Waals surface area (Å²) in [6.07, 6.45) is 2.42. The minimum absolute atomic E-state index is 0.136. The predicted octanol–water partition coefficient (Wildman–Crippen LogP) is -0.936. The molecule has 2 heterocycles. The third-order valence-electron chi connectivity index (χ3n) is 13.2. The van der Waals surface area contributed by atoms with Gasteiger partial charge in [0.15, 0.2) is 0 Å². The van der Waals surface area contributed by atoms with Crippen molar-refractivity contribution in [2.75, 3.05) is 50.8 Å². The van der Waals surface area contributed by atoms with Crippen LogP contribution in [0.5, 0.6) is 0 Å². The van der Waals surface area contributed by atoms with E-state index in [0.717, 1.165) is 21.6 Å². The van der Waals surface area contributed by atoms with E-state index in [2.05, 4.69) is 52.5 Å². The van der Waals surface area contributed by atoms with Crippen molar-refractivity contribution in [1.82, 2.24) is 52.5 Å². The SMILES string of the molecule is CCc1nc2ccccc2cc1C(=O)N[C@@H](CC(N)=O)C(=O)N[C@@H](CSSC[C@H](NC(=O)[C@H](CC(N)=O)NC(=O)c1cc2ccccc2nc1CC)C(=O)N[C@@H](CCCCN)C(=O)NCCCN)C(=O)N[C@@H](CCCCN)C(=O)NCCCN. The molecule has 0 fully saturated rings. The number of aromatic nitrogens is 2. The number of nitrogens with zero attached hydrogens (tertiary/aromatic N) is 2. The normalized spacial score (nSPS) is 13.3. The van der Waals surface area contributed by atoms with Crippen molar-refractivity contribution in [3.63, 3.8) is 0 Å². The summed E-state index contributed by atoms with van der Waals surface area (Å²) in [5.41, 5.74) is 36.4. The highest BCUT2D eigenvalue weighted by atomic mass is 33.1. The molecule has 0 bridgehead atoms. The Kier molecular flexibility index (Phi) is 30.3. The molecule has 0 unspecified atom stereocenters. The Morgan fingerprint density at radius 2 is 0.786 bits per heavy atom. The van der Waals surface area contributed by atoms with E-state index in [-0.39, 0.29) is 61.7 Å². The molecule has 28 heteroatoms. The van der Waals surface area contributed by atoms with Gasteiger partial charge in [-0.3, -0.25) is 57.9 Å². The molecule has 6 atom stereocenters. The fourth-order valence-electron chi connectivity index (χ4n) is 8.62. The van der Waals surface area contributed by atoms with Gasteiger partial charge < -0.3 is 76.9 Å². The topological polar surface area (TPSA) is 449 Å². The number of nitrogens with one attached hydrogen (secondary N) is 8. The van der Waals surface area contributed by atoms with E-state index in [9.17, 15) is 47.9 Å². The van der Waals surface area contributed by atoms with Crippen molar-refractivity contribution in [2.24, 2.45) is 34.4 Å². The first kappa shape index (κ1) is 69.0. The third kappa shape index (κ3) is 22.6. The van der Waals surface area contributed by atoms with Gasteiger partial charge in [0, 0.05) is 35.4 Å². The lowest BCUT2D eigenvalue weighted by atomic mass is 10.1. The average Bonchev–Trinajstić information content (AvgIpc) is 3.47. The van der Waals surface area contributed by atoms with Gasteiger partial charge in [0.25, 0.3) is 11.8 Å². The molecular weight excluding hydrogens is 1120 g/mol. The van der Waals surface area contributed by atoms with E-state index in [1.165, 1.54) is 0 Å². The van der Waals surface area contributed by atoms with Crippen molar-refractivity contribution in [3.8, 4) is 0 Å². The molecule has 84 heavy (non-hydrogen) atoms. The number of aryl methyl sites for hydroxylation is 2. The third-order valence-corrected chi connectivity index (χ3v) is 15.6. The first-order chi connectivity index (χ1) is 40.4. The Labute approximate surface area is 496 Å². The number of amides is 10. The number of benzene rings is 2. The summed E-state index contributed by atoms with van der Waals surface area (Å²) < 4.78 is 0. The lowest BCUT2D eigenvalue weighted by Crippen LogP contribution is -2.58. The van der Waals surface area contributed by atoms with E-state index in [4.69, 9.17) is 34.4 Å². The van der Waals surface area contributed by atoms with Crippen LogP contribution in [0.3, 0.4) is 0 Å². The second-order valence-electron chi connectivity index (χ2n) is 19.7. The molecule has 20 N–H and O–H groups in total. The fourth-order valence-corrected chi connectivity index (χ4v) is 10.9. The molecule has 0 aliphatic carbocycles. The van der Waals surface area contributed by atoms with Crippen LogP contribution in [0.1, 0.15) is 110 Å². The van der Waals surface area contributed by atoms with E-state index >= 15 is 0 Å². The van der Waals surface area contributed by atoms with Crippen molar-refractivity contribution >= 4 is 102 Å². The summed E-state index contributed by atoms with van der Waals surface area (Å²) in [7, 11) is 1.89.